The topological polar surface area (TPSA) is 49.7 Å². The number of rotatable bonds is 4. The highest BCUT2D eigenvalue weighted by atomic mass is 28.3. The highest BCUT2D eigenvalue weighted by Gasteiger charge is 2.61. The summed E-state index contributed by atoms with van der Waals surface area (Å²) in [5.74, 6) is 1.99. The number of hydrogen-bond donors (Lipinski definition) is 2. The smallest absolute Gasteiger partial charge is 0.204 e. The highest BCUT2D eigenvalue weighted by Crippen LogP contribution is 2.67. The van der Waals surface area contributed by atoms with E-state index < -0.39 is 9.04 Å². The first-order valence-corrected chi connectivity index (χ1v) is 14.5. The molecule has 0 aromatic heterocycles. The summed E-state index contributed by atoms with van der Waals surface area (Å²) in [5.41, 5.74) is 2.12. The van der Waals surface area contributed by atoms with Crippen molar-refractivity contribution in [3.63, 3.8) is 0 Å². The van der Waals surface area contributed by atoms with Gasteiger partial charge in [-0.05, 0) is 99.5 Å². The minimum Gasteiger partial charge on any atom is -0.417 e. The van der Waals surface area contributed by atoms with Gasteiger partial charge in [-0.3, -0.25) is 0 Å². The Labute approximate surface area is 180 Å². The summed E-state index contributed by atoms with van der Waals surface area (Å²) in [6, 6.07) is 0. The van der Waals surface area contributed by atoms with Gasteiger partial charge in [0.1, 0.15) is 0 Å². The van der Waals surface area contributed by atoms with Crippen LogP contribution in [0, 0.1) is 34.0 Å². The van der Waals surface area contributed by atoms with E-state index in [9.17, 15) is 10.2 Å². The number of allylic oxidation sites excluding steroid dienone is 1. The Morgan fingerprint density at radius 2 is 1.83 bits per heavy atom. The first-order chi connectivity index (χ1) is 13.6. The van der Waals surface area contributed by atoms with Gasteiger partial charge in [0.25, 0.3) is 0 Å². The molecule has 0 bridgehead atoms. The zero-order valence-corrected chi connectivity index (χ0v) is 20.3. The maximum atomic E-state index is 11.1. The molecule has 3 saturated carbocycles. The monoisotopic (exact) mass is 419 g/mol. The Balaban J connectivity index is 1.68. The Morgan fingerprint density at radius 3 is 2.52 bits per heavy atom. The molecule has 0 heterocycles. The normalized spacial score (nSPS) is 44.8. The van der Waals surface area contributed by atoms with Crippen LogP contribution in [0.25, 0.3) is 0 Å². The molecule has 0 aliphatic heterocycles. The SMILES string of the molecule is C[Si](C)OC[C@]12CC[C@H]3[C@@H](CC=C4C[C@H](O)CC[C@@]43CC(C)(C)C)[C@@H]1CCC2O. The van der Waals surface area contributed by atoms with Crippen molar-refractivity contribution in [2.45, 2.75) is 104 Å². The van der Waals surface area contributed by atoms with Crippen LogP contribution in [0.2, 0.25) is 13.1 Å². The summed E-state index contributed by atoms with van der Waals surface area (Å²) >= 11 is 0. The predicted octanol–water partition coefficient (Wildman–Crippen LogP) is 5.34. The lowest BCUT2D eigenvalue weighted by Crippen LogP contribution is -2.55. The number of hydrogen-bond acceptors (Lipinski definition) is 3. The lowest BCUT2D eigenvalue weighted by Gasteiger charge is -2.60. The zero-order valence-electron chi connectivity index (χ0n) is 19.3. The number of aliphatic hydroxyl groups is 2. The van der Waals surface area contributed by atoms with Crippen molar-refractivity contribution in [1.82, 2.24) is 0 Å². The summed E-state index contributed by atoms with van der Waals surface area (Å²) in [6.07, 6.45) is 12.0. The fourth-order valence-electron chi connectivity index (χ4n) is 8.05. The lowest BCUT2D eigenvalue weighted by atomic mass is 9.45. The second-order valence-corrected chi connectivity index (χ2v) is 14.3. The molecule has 3 nitrogen and oxygen atoms in total. The Hall–Kier alpha value is -0.163. The van der Waals surface area contributed by atoms with Gasteiger partial charge < -0.3 is 14.6 Å². The molecule has 165 valence electrons. The third-order valence-corrected chi connectivity index (χ3v) is 9.67. The maximum Gasteiger partial charge on any atom is 0.204 e. The molecule has 0 aromatic rings. The highest BCUT2D eigenvalue weighted by molar-refractivity contribution is 6.48. The van der Waals surface area contributed by atoms with Crippen LogP contribution < -0.4 is 0 Å². The van der Waals surface area contributed by atoms with Crippen molar-refractivity contribution in [2.24, 2.45) is 34.0 Å². The van der Waals surface area contributed by atoms with E-state index in [0.717, 1.165) is 45.1 Å². The van der Waals surface area contributed by atoms with Crippen LogP contribution in [-0.4, -0.2) is 38.1 Å². The molecule has 4 heteroatoms. The minimum atomic E-state index is -0.739. The molecule has 0 saturated heterocycles. The van der Waals surface area contributed by atoms with Gasteiger partial charge in [-0.15, -0.1) is 0 Å². The number of aliphatic hydroxyl groups excluding tert-OH is 2. The zero-order chi connectivity index (χ0) is 21.0. The average Bonchev–Trinajstić information content (AvgIpc) is 2.96. The molecule has 4 aliphatic carbocycles. The third kappa shape index (κ3) is 3.81. The van der Waals surface area contributed by atoms with Crippen LogP contribution >= 0.6 is 0 Å². The Kier molecular flexibility index (Phi) is 5.90. The summed E-state index contributed by atoms with van der Waals surface area (Å²) in [7, 11) is -0.739. The maximum absolute atomic E-state index is 11.1. The summed E-state index contributed by atoms with van der Waals surface area (Å²) < 4.78 is 6.26. The molecule has 4 rings (SSSR count). The molecule has 0 aromatic carbocycles. The van der Waals surface area contributed by atoms with Crippen molar-refractivity contribution in [3.8, 4) is 0 Å². The van der Waals surface area contributed by atoms with E-state index in [0.29, 0.717) is 17.8 Å². The van der Waals surface area contributed by atoms with Gasteiger partial charge in [0.05, 0.1) is 12.2 Å². The quantitative estimate of drug-likeness (QED) is 0.478. The van der Waals surface area contributed by atoms with Gasteiger partial charge in [-0.1, -0.05) is 32.4 Å². The molecule has 4 aliphatic rings. The number of fused-ring (bicyclic) bond motifs is 5. The van der Waals surface area contributed by atoms with Crippen molar-refractivity contribution < 1.29 is 14.6 Å². The van der Waals surface area contributed by atoms with Gasteiger partial charge >= 0.3 is 0 Å². The summed E-state index contributed by atoms with van der Waals surface area (Å²) in [6.45, 7) is 12.4. The van der Waals surface area contributed by atoms with E-state index in [4.69, 9.17) is 4.43 Å². The van der Waals surface area contributed by atoms with E-state index in [1.54, 1.807) is 5.57 Å². The first kappa shape index (κ1) is 22.0. The largest absolute Gasteiger partial charge is 0.417 e. The molecule has 3 fully saturated rings. The van der Waals surface area contributed by atoms with Crippen molar-refractivity contribution in [3.05, 3.63) is 11.6 Å². The average molecular weight is 420 g/mol. The van der Waals surface area contributed by atoms with Gasteiger partial charge in [0.15, 0.2) is 0 Å². The van der Waals surface area contributed by atoms with Crippen LogP contribution in [0.4, 0.5) is 0 Å². The second kappa shape index (κ2) is 7.76. The minimum absolute atomic E-state index is 0.00838. The molecule has 0 spiro atoms. The summed E-state index contributed by atoms with van der Waals surface area (Å²) in [5, 5.41) is 21.5. The third-order valence-electron chi connectivity index (χ3n) is 8.95. The van der Waals surface area contributed by atoms with E-state index in [-0.39, 0.29) is 28.5 Å². The van der Waals surface area contributed by atoms with E-state index in [2.05, 4.69) is 39.9 Å². The fourth-order valence-corrected chi connectivity index (χ4v) is 8.61. The van der Waals surface area contributed by atoms with E-state index in [1.807, 2.05) is 0 Å². The van der Waals surface area contributed by atoms with Crippen LogP contribution in [0.15, 0.2) is 11.6 Å². The standard InChI is InChI=1S/C25H43O3Si/c1-23(2,3)15-24-12-10-18(26)14-17(24)6-7-19-20-8-9-22(27)25(20,13-11-21(19)24)16-28-29(4)5/h6,18-22,26-27H,7-16H2,1-5H3/t18-,19+,20+,21+,22?,24-,25-/m1/s1. The lowest BCUT2D eigenvalue weighted by molar-refractivity contribution is -0.109. The summed E-state index contributed by atoms with van der Waals surface area (Å²) in [4.78, 5) is 0. The molecule has 2 N–H and O–H groups in total. The first-order valence-electron chi connectivity index (χ1n) is 12.1. The van der Waals surface area contributed by atoms with Crippen LogP contribution in [0.5, 0.6) is 0 Å². The van der Waals surface area contributed by atoms with Gasteiger partial charge in [0.2, 0.25) is 9.04 Å². The van der Waals surface area contributed by atoms with Crippen LogP contribution in [-0.2, 0) is 4.43 Å². The van der Waals surface area contributed by atoms with Crippen molar-refractivity contribution in [2.75, 3.05) is 6.61 Å². The van der Waals surface area contributed by atoms with Crippen molar-refractivity contribution in [1.29, 1.82) is 0 Å². The van der Waals surface area contributed by atoms with Gasteiger partial charge in [-0.25, -0.2) is 0 Å². The molecule has 1 radical (unpaired) electrons. The molecule has 0 amide bonds. The molecule has 1 unspecified atom stereocenters. The van der Waals surface area contributed by atoms with E-state index in [1.165, 1.54) is 19.3 Å². The van der Waals surface area contributed by atoms with Crippen LogP contribution in [0.3, 0.4) is 0 Å². The van der Waals surface area contributed by atoms with E-state index >= 15 is 0 Å². The second-order valence-electron chi connectivity index (χ2n) is 12.2. The molecule has 7 atom stereocenters. The fraction of sp³-hybridized carbons (Fsp3) is 0.920. The Morgan fingerprint density at radius 1 is 1.07 bits per heavy atom. The Bertz CT molecular complexity index is 638. The van der Waals surface area contributed by atoms with Gasteiger partial charge in [-0.2, -0.15) is 0 Å². The van der Waals surface area contributed by atoms with Crippen LogP contribution in [0.1, 0.15) is 78.6 Å². The molecular weight excluding hydrogens is 376 g/mol. The predicted molar refractivity (Wildman–Crippen MR) is 120 cm³/mol. The van der Waals surface area contributed by atoms with Gasteiger partial charge in [0, 0.05) is 12.0 Å². The molecular formula is C25H43O3Si. The van der Waals surface area contributed by atoms with Crippen molar-refractivity contribution >= 4 is 9.04 Å². The molecule has 29 heavy (non-hydrogen) atoms.